The number of fused-ring (bicyclic) bond motifs is 1. The SMILES string of the molecule is CCCCOC(=O)NCc1cc2c(c(OC)c1)C(=O)N(C1CCC(=O)NC1=O)C2. The summed E-state index contributed by atoms with van der Waals surface area (Å²) in [5.41, 5.74) is 1.88. The molecule has 1 fully saturated rings. The molecular formula is C20H25N3O6. The summed E-state index contributed by atoms with van der Waals surface area (Å²) in [6.07, 6.45) is 1.73. The van der Waals surface area contributed by atoms with Crippen molar-refractivity contribution in [1.82, 2.24) is 15.5 Å². The van der Waals surface area contributed by atoms with Crippen LogP contribution in [0.2, 0.25) is 0 Å². The first-order valence-corrected chi connectivity index (χ1v) is 9.69. The van der Waals surface area contributed by atoms with Crippen LogP contribution in [0.5, 0.6) is 5.75 Å². The molecule has 1 unspecified atom stereocenters. The average Bonchev–Trinajstić information content (AvgIpc) is 3.02. The molecule has 9 heteroatoms. The monoisotopic (exact) mass is 403 g/mol. The van der Waals surface area contributed by atoms with E-state index in [1.165, 1.54) is 12.0 Å². The van der Waals surface area contributed by atoms with Crippen molar-refractivity contribution < 1.29 is 28.7 Å². The molecule has 1 saturated heterocycles. The molecule has 0 saturated carbocycles. The molecule has 2 N–H and O–H groups in total. The fourth-order valence-corrected chi connectivity index (χ4v) is 3.53. The quantitative estimate of drug-likeness (QED) is 0.527. The zero-order chi connectivity index (χ0) is 21.0. The van der Waals surface area contributed by atoms with E-state index in [-0.39, 0.29) is 31.3 Å². The average molecular weight is 403 g/mol. The van der Waals surface area contributed by atoms with Crippen LogP contribution in [0.4, 0.5) is 4.79 Å². The predicted molar refractivity (Wildman–Crippen MR) is 102 cm³/mol. The first kappa shape index (κ1) is 20.6. The van der Waals surface area contributed by atoms with E-state index >= 15 is 0 Å². The second-order valence-electron chi connectivity index (χ2n) is 7.08. The van der Waals surface area contributed by atoms with E-state index < -0.39 is 18.0 Å². The van der Waals surface area contributed by atoms with Crippen molar-refractivity contribution in [2.24, 2.45) is 0 Å². The molecular weight excluding hydrogens is 378 g/mol. The van der Waals surface area contributed by atoms with Gasteiger partial charge in [0, 0.05) is 19.5 Å². The Labute approximate surface area is 168 Å². The Hall–Kier alpha value is -3.10. The minimum Gasteiger partial charge on any atom is -0.496 e. The van der Waals surface area contributed by atoms with Gasteiger partial charge in [0.1, 0.15) is 11.8 Å². The number of imide groups is 1. The van der Waals surface area contributed by atoms with Crippen molar-refractivity contribution in [2.75, 3.05) is 13.7 Å². The van der Waals surface area contributed by atoms with Gasteiger partial charge in [-0.3, -0.25) is 19.7 Å². The normalized spacial score (nSPS) is 18.3. The number of alkyl carbamates (subject to hydrolysis) is 1. The molecule has 1 aromatic carbocycles. The van der Waals surface area contributed by atoms with E-state index in [1.807, 2.05) is 13.0 Å². The van der Waals surface area contributed by atoms with Gasteiger partial charge in [-0.15, -0.1) is 0 Å². The summed E-state index contributed by atoms with van der Waals surface area (Å²) in [4.78, 5) is 49.7. The molecule has 0 radical (unpaired) electrons. The van der Waals surface area contributed by atoms with Crippen molar-refractivity contribution in [2.45, 2.75) is 51.7 Å². The summed E-state index contributed by atoms with van der Waals surface area (Å²) < 4.78 is 10.5. The topological polar surface area (TPSA) is 114 Å². The largest absolute Gasteiger partial charge is 0.496 e. The maximum Gasteiger partial charge on any atom is 0.407 e. The Kier molecular flexibility index (Phi) is 6.36. The molecule has 1 aromatic rings. The van der Waals surface area contributed by atoms with E-state index in [1.54, 1.807) is 6.07 Å². The van der Waals surface area contributed by atoms with Gasteiger partial charge in [0.25, 0.3) is 5.91 Å². The Morgan fingerprint density at radius 2 is 2.10 bits per heavy atom. The standard InChI is InChI=1S/C20H25N3O6/c1-3-4-7-29-20(27)21-10-12-8-13-11-23(14-5-6-16(24)22-18(14)25)19(26)17(13)15(9-12)28-2/h8-9,14H,3-7,10-11H2,1-2H3,(H,21,27)(H,22,24,25). The van der Waals surface area contributed by atoms with Gasteiger partial charge in [-0.2, -0.15) is 0 Å². The zero-order valence-corrected chi connectivity index (χ0v) is 16.6. The minimum atomic E-state index is -0.688. The molecule has 156 valence electrons. The number of piperidine rings is 1. The number of carbonyl (C=O) groups excluding carboxylic acids is 4. The van der Waals surface area contributed by atoms with Crippen LogP contribution in [0.3, 0.4) is 0 Å². The van der Waals surface area contributed by atoms with Crippen LogP contribution in [0.25, 0.3) is 0 Å². The van der Waals surface area contributed by atoms with E-state index in [9.17, 15) is 19.2 Å². The van der Waals surface area contributed by atoms with Crippen molar-refractivity contribution in [3.8, 4) is 5.75 Å². The third-order valence-electron chi connectivity index (χ3n) is 5.03. The lowest BCUT2D eigenvalue weighted by atomic mass is 10.0. The lowest BCUT2D eigenvalue weighted by Crippen LogP contribution is -2.52. The van der Waals surface area contributed by atoms with Crippen LogP contribution in [-0.4, -0.2) is 48.5 Å². The fraction of sp³-hybridized carbons (Fsp3) is 0.500. The number of nitrogens with one attached hydrogen (secondary N) is 2. The van der Waals surface area contributed by atoms with Crippen molar-refractivity contribution in [1.29, 1.82) is 0 Å². The molecule has 29 heavy (non-hydrogen) atoms. The zero-order valence-electron chi connectivity index (χ0n) is 16.6. The summed E-state index contributed by atoms with van der Waals surface area (Å²) in [5, 5.41) is 4.96. The Morgan fingerprint density at radius 3 is 2.79 bits per heavy atom. The maximum atomic E-state index is 12.9. The molecule has 2 heterocycles. The Bertz CT molecular complexity index is 838. The number of unbranched alkanes of at least 4 members (excludes halogenated alkanes) is 1. The number of rotatable bonds is 7. The summed E-state index contributed by atoms with van der Waals surface area (Å²) >= 11 is 0. The van der Waals surface area contributed by atoms with Gasteiger partial charge in [-0.1, -0.05) is 19.4 Å². The molecule has 2 aliphatic heterocycles. The molecule has 1 atom stereocenters. The smallest absolute Gasteiger partial charge is 0.407 e. The number of amides is 4. The van der Waals surface area contributed by atoms with Gasteiger partial charge in [0.2, 0.25) is 11.8 Å². The first-order valence-electron chi connectivity index (χ1n) is 9.69. The van der Waals surface area contributed by atoms with Gasteiger partial charge in [-0.05, 0) is 30.0 Å². The molecule has 0 aromatic heterocycles. The minimum absolute atomic E-state index is 0.197. The highest BCUT2D eigenvalue weighted by atomic mass is 16.5. The van der Waals surface area contributed by atoms with Crippen LogP contribution >= 0.6 is 0 Å². The van der Waals surface area contributed by atoms with Gasteiger partial charge in [0.05, 0.1) is 19.3 Å². The third-order valence-corrected chi connectivity index (χ3v) is 5.03. The maximum absolute atomic E-state index is 12.9. The second-order valence-corrected chi connectivity index (χ2v) is 7.08. The highest BCUT2D eigenvalue weighted by molar-refractivity contribution is 6.06. The van der Waals surface area contributed by atoms with Gasteiger partial charge in [-0.25, -0.2) is 4.79 Å². The molecule has 4 amide bonds. The molecule has 2 aliphatic rings. The number of nitrogens with zero attached hydrogens (tertiary/aromatic N) is 1. The Morgan fingerprint density at radius 1 is 1.31 bits per heavy atom. The van der Waals surface area contributed by atoms with Crippen molar-refractivity contribution >= 4 is 23.8 Å². The van der Waals surface area contributed by atoms with Gasteiger partial charge < -0.3 is 19.7 Å². The first-order chi connectivity index (χ1) is 13.9. The predicted octanol–water partition coefficient (Wildman–Crippen LogP) is 1.48. The lowest BCUT2D eigenvalue weighted by Gasteiger charge is -2.29. The summed E-state index contributed by atoms with van der Waals surface area (Å²) in [6, 6.07) is 2.82. The van der Waals surface area contributed by atoms with E-state index in [0.717, 1.165) is 24.0 Å². The van der Waals surface area contributed by atoms with Gasteiger partial charge >= 0.3 is 6.09 Å². The van der Waals surface area contributed by atoms with Crippen LogP contribution < -0.4 is 15.4 Å². The van der Waals surface area contributed by atoms with Crippen LogP contribution in [0, 0.1) is 0 Å². The van der Waals surface area contributed by atoms with Crippen molar-refractivity contribution in [3.63, 3.8) is 0 Å². The number of ether oxygens (including phenoxy) is 2. The molecule has 0 aliphatic carbocycles. The number of hydrogen-bond acceptors (Lipinski definition) is 6. The fourth-order valence-electron chi connectivity index (χ4n) is 3.53. The molecule has 9 nitrogen and oxygen atoms in total. The lowest BCUT2D eigenvalue weighted by molar-refractivity contribution is -0.136. The number of hydrogen-bond donors (Lipinski definition) is 2. The number of methoxy groups -OCH3 is 1. The number of benzene rings is 1. The summed E-state index contributed by atoms with van der Waals surface area (Å²) in [5.74, 6) is -0.700. The highest BCUT2D eigenvalue weighted by Crippen LogP contribution is 2.34. The van der Waals surface area contributed by atoms with Crippen LogP contribution in [-0.2, 0) is 27.4 Å². The van der Waals surface area contributed by atoms with Crippen LogP contribution in [0.1, 0.15) is 54.1 Å². The molecule has 0 bridgehead atoms. The summed E-state index contributed by atoms with van der Waals surface area (Å²) in [7, 11) is 1.47. The summed E-state index contributed by atoms with van der Waals surface area (Å²) in [6.45, 7) is 2.84. The van der Waals surface area contributed by atoms with E-state index in [4.69, 9.17) is 9.47 Å². The highest BCUT2D eigenvalue weighted by Gasteiger charge is 2.40. The second kappa shape index (κ2) is 8.93. The Balaban J connectivity index is 1.72. The van der Waals surface area contributed by atoms with Gasteiger partial charge in [0.15, 0.2) is 0 Å². The third kappa shape index (κ3) is 4.49. The van der Waals surface area contributed by atoms with E-state index in [0.29, 0.717) is 24.3 Å². The van der Waals surface area contributed by atoms with Crippen molar-refractivity contribution in [3.05, 3.63) is 28.8 Å². The van der Waals surface area contributed by atoms with Crippen LogP contribution in [0.15, 0.2) is 12.1 Å². The molecule has 3 rings (SSSR count). The van der Waals surface area contributed by atoms with E-state index in [2.05, 4.69) is 10.6 Å². The molecule has 0 spiro atoms. The number of carbonyl (C=O) groups is 4.